The Hall–Kier alpha value is -1.32. The summed E-state index contributed by atoms with van der Waals surface area (Å²) in [6.45, 7) is 6.21. The summed E-state index contributed by atoms with van der Waals surface area (Å²) in [4.78, 5) is 0. The summed E-state index contributed by atoms with van der Waals surface area (Å²) in [5.74, 6) is 0. The number of fused-ring (bicyclic) bond motifs is 1. The lowest BCUT2D eigenvalue weighted by atomic mass is 10.0. The molecule has 2 atom stereocenters. The average Bonchev–Trinajstić information content (AvgIpc) is 2.70. The molecule has 2 unspecified atom stereocenters. The van der Waals surface area contributed by atoms with Crippen LogP contribution in [0.2, 0.25) is 0 Å². The number of aryl methyl sites for hydroxylation is 2. The van der Waals surface area contributed by atoms with Gasteiger partial charge in [0.25, 0.3) is 0 Å². The topological polar surface area (TPSA) is 26.2 Å². The van der Waals surface area contributed by atoms with Gasteiger partial charge in [-0.15, -0.1) is 0 Å². The molecule has 0 amide bonds. The fourth-order valence-electron chi connectivity index (χ4n) is 3.31. The molecule has 3 rings (SSSR count). The molecule has 3 heteroatoms. The standard InChI is InChI=1S/C17H24N2O/c1-12-10-14(8-9-20-12)18-11-17-13(2)15-6-4-5-7-16(15)19(17)3/h4-7,12,14,18H,8-11H2,1-3H3. The van der Waals surface area contributed by atoms with Crippen LogP contribution in [0.3, 0.4) is 0 Å². The van der Waals surface area contributed by atoms with Crippen molar-refractivity contribution >= 4 is 10.9 Å². The molecule has 1 aromatic carbocycles. The van der Waals surface area contributed by atoms with Crippen molar-refractivity contribution in [2.24, 2.45) is 7.05 Å². The minimum absolute atomic E-state index is 0.384. The fourth-order valence-corrected chi connectivity index (χ4v) is 3.31. The number of aromatic nitrogens is 1. The Balaban J connectivity index is 1.77. The second-order valence-corrected chi connectivity index (χ2v) is 5.93. The summed E-state index contributed by atoms with van der Waals surface area (Å²) in [6, 6.07) is 9.22. The number of hydrogen-bond donors (Lipinski definition) is 1. The third-order valence-electron chi connectivity index (χ3n) is 4.55. The predicted molar refractivity (Wildman–Crippen MR) is 82.9 cm³/mol. The second kappa shape index (κ2) is 5.58. The second-order valence-electron chi connectivity index (χ2n) is 5.93. The maximum Gasteiger partial charge on any atom is 0.0561 e. The molecular formula is C17H24N2O. The summed E-state index contributed by atoms with van der Waals surface area (Å²) >= 11 is 0. The maximum absolute atomic E-state index is 5.61. The van der Waals surface area contributed by atoms with Gasteiger partial charge in [0, 0.05) is 42.8 Å². The van der Waals surface area contributed by atoms with Crippen LogP contribution in [0.5, 0.6) is 0 Å². The minimum atomic E-state index is 0.384. The Morgan fingerprint density at radius 2 is 2.15 bits per heavy atom. The zero-order valence-electron chi connectivity index (χ0n) is 12.6. The Kier molecular flexibility index (Phi) is 3.81. The first-order valence-corrected chi connectivity index (χ1v) is 7.54. The molecule has 1 aromatic heterocycles. The van der Waals surface area contributed by atoms with Crippen molar-refractivity contribution in [2.45, 2.75) is 45.4 Å². The maximum atomic E-state index is 5.61. The molecule has 1 aliphatic heterocycles. The van der Waals surface area contributed by atoms with Gasteiger partial charge in [0.15, 0.2) is 0 Å². The number of ether oxygens (including phenoxy) is 1. The van der Waals surface area contributed by atoms with Gasteiger partial charge in [-0.3, -0.25) is 0 Å². The van der Waals surface area contributed by atoms with Gasteiger partial charge in [0.05, 0.1) is 6.10 Å². The normalized spacial score (nSPS) is 23.4. The van der Waals surface area contributed by atoms with Gasteiger partial charge in [-0.05, 0) is 38.3 Å². The Labute approximate surface area is 120 Å². The van der Waals surface area contributed by atoms with Crippen LogP contribution in [0, 0.1) is 6.92 Å². The van der Waals surface area contributed by atoms with Crippen LogP contribution < -0.4 is 5.32 Å². The first-order valence-electron chi connectivity index (χ1n) is 7.54. The molecule has 0 spiro atoms. The Morgan fingerprint density at radius 3 is 2.90 bits per heavy atom. The van der Waals surface area contributed by atoms with E-state index in [9.17, 15) is 0 Å². The van der Waals surface area contributed by atoms with E-state index >= 15 is 0 Å². The van der Waals surface area contributed by atoms with E-state index in [4.69, 9.17) is 4.74 Å². The van der Waals surface area contributed by atoms with E-state index in [0.29, 0.717) is 12.1 Å². The summed E-state index contributed by atoms with van der Waals surface area (Å²) in [7, 11) is 2.17. The zero-order valence-corrected chi connectivity index (χ0v) is 12.6. The van der Waals surface area contributed by atoms with Crippen molar-refractivity contribution in [3.8, 4) is 0 Å². The highest BCUT2D eigenvalue weighted by molar-refractivity contribution is 5.85. The van der Waals surface area contributed by atoms with Gasteiger partial charge in [-0.25, -0.2) is 0 Å². The highest BCUT2D eigenvalue weighted by Gasteiger charge is 2.19. The summed E-state index contributed by atoms with van der Waals surface area (Å²) < 4.78 is 7.93. The number of benzene rings is 1. The highest BCUT2D eigenvalue weighted by atomic mass is 16.5. The molecule has 1 saturated heterocycles. The zero-order chi connectivity index (χ0) is 14.1. The van der Waals surface area contributed by atoms with Crippen LogP contribution in [0.25, 0.3) is 10.9 Å². The van der Waals surface area contributed by atoms with E-state index in [-0.39, 0.29) is 0 Å². The van der Waals surface area contributed by atoms with Crippen LogP contribution in [-0.2, 0) is 18.3 Å². The molecule has 2 aromatic rings. The first-order chi connectivity index (χ1) is 9.66. The summed E-state index contributed by atoms with van der Waals surface area (Å²) in [5, 5.41) is 5.08. The SMILES string of the molecule is Cc1c(CNC2CCOC(C)C2)n(C)c2ccccc12. The first kappa shape index (κ1) is 13.7. The van der Waals surface area contributed by atoms with Crippen LogP contribution in [-0.4, -0.2) is 23.3 Å². The molecule has 20 heavy (non-hydrogen) atoms. The number of nitrogens with zero attached hydrogens (tertiary/aromatic N) is 1. The molecule has 1 N–H and O–H groups in total. The van der Waals surface area contributed by atoms with Crippen molar-refractivity contribution in [1.82, 2.24) is 9.88 Å². The Bertz CT molecular complexity index is 563. The smallest absolute Gasteiger partial charge is 0.0561 e. The van der Waals surface area contributed by atoms with E-state index in [1.807, 2.05) is 0 Å². The highest BCUT2D eigenvalue weighted by Crippen LogP contribution is 2.24. The lowest BCUT2D eigenvalue weighted by Crippen LogP contribution is -2.38. The lowest BCUT2D eigenvalue weighted by molar-refractivity contribution is 0.0129. The monoisotopic (exact) mass is 272 g/mol. The number of hydrogen-bond acceptors (Lipinski definition) is 2. The number of para-hydroxylation sites is 1. The van der Waals surface area contributed by atoms with Gasteiger partial charge < -0.3 is 14.6 Å². The van der Waals surface area contributed by atoms with Crippen molar-refractivity contribution in [3.05, 3.63) is 35.5 Å². The molecule has 1 aliphatic rings. The van der Waals surface area contributed by atoms with Gasteiger partial charge in [0.2, 0.25) is 0 Å². The molecule has 3 nitrogen and oxygen atoms in total. The quantitative estimate of drug-likeness (QED) is 0.929. The van der Waals surface area contributed by atoms with Crippen LogP contribution >= 0.6 is 0 Å². The predicted octanol–water partition coefficient (Wildman–Crippen LogP) is 3.14. The largest absolute Gasteiger partial charge is 0.378 e. The van der Waals surface area contributed by atoms with Gasteiger partial charge in [-0.1, -0.05) is 18.2 Å². The Morgan fingerprint density at radius 1 is 1.35 bits per heavy atom. The van der Waals surface area contributed by atoms with E-state index in [0.717, 1.165) is 26.0 Å². The lowest BCUT2D eigenvalue weighted by Gasteiger charge is -2.28. The van der Waals surface area contributed by atoms with E-state index in [1.54, 1.807) is 0 Å². The average molecular weight is 272 g/mol. The molecule has 2 heterocycles. The third-order valence-corrected chi connectivity index (χ3v) is 4.55. The number of rotatable bonds is 3. The van der Waals surface area contributed by atoms with Crippen molar-refractivity contribution in [2.75, 3.05) is 6.61 Å². The molecular weight excluding hydrogens is 248 g/mol. The van der Waals surface area contributed by atoms with E-state index in [1.165, 1.54) is 22.2 Å². The van der Waals surface area contributed by atoms with Crippen molar-refractivity contribution in [1.29, 1.82) is 0 Å². The van der Waals surface area contributed by atoms with Crippen LogP contribution in [0.1, 0.15) is 31.0 Å². The fraction of sp³-hybridized carbons (Fsp3) is 0.529. The van der Waals surface area contributed by atoms with Gasteiger partial charge >= 0.3 is 0 Å². The van der Waals surface area contributed by atoms with Gasteiger partial charge in [-0.2, -0.15) is 0 Å². The third kappa shape index (κ3) is 2.48. The van der Waals surface area contributed by atoms with E-state index in [2.05, 4.69) is 55.0 Å². The molecule has 0 aliphatic carbocycles. The van der Waals surface area contributed by atoms with Gasteiger partial charge in [0.1, 0.15) is 0 Å². The van der Waals surface area contributed by atoms with Crippen molar-refractivity contribution in [3.63, 3.8) is 0 Å². The van der Waals surface area contributed by atoms with E-state index < -0.39 is 0 Å². The summed E-state index contributed by atoms with van der Waals surface area (Å²) in [6.07, 6.45) is 2.62. The number of nitrogens with one attached hydrogen (secondary N) is 1. The van der Waals surface area contributed by atoms with Crippen molar-refractivity contribution < 1.29 is 4.74 Å². The van der Waals surface area contributed by atoms with Crippen LogP contribution in [0.15, 0.2) is 24.3 Å². The molecule has 1 fully saturated rings. The van der Waals surface area contributed by atoms with Crippen LogP contribution in [0.4, 0.5) is 0 Å². The molecule has 0 bridgehead atoms. The molecule has 108 valence electrons. The molecule has 0 saturated carbocycles. The minimum Gasteiger partial charge on any atom is -0.378 e. The summed E-state index contributed by atoms with van der Waals surface area (Å²) in [5.41, 5.74) is 4.11. The molecule has 0 radical (unpaired) electrons.